The Balaban J connectivity index is 1.90. The highest BCUT2D eigenvalue weighted by Crippen LogP contribution is 2.29. The van der Waals surface area contributed by atoms with E-state index in [1.807, 2.05) is 18.3 Å². The van der Waals surface area contributed by atoms with E-state index in [0.29, 0.717) is 12.1 Å². The molecule has 4 nitrogen and oxygen atoms in total. The van der Waals surface area contributed by atoms with E-state index in [1.165, 1.54) is 0 Å². The molecule has 3 rings (SSSR count). The van der Waals surface area contributed by atoms with Gasteiger partial charge in [0.15, 0.2) is 0 Å². The number of benzene rings is 1. The standard InChI is InChI=1S/C15H19N3O/c1-10-8-11(5-7-19-10)18-15-3-2-14(16)13-9-17-6-4-12(13)15/h2-4,6,9-11,18H,5,7-8,16H2,1H3. The molecule has 1 fully saturated rings. The van der Waals surface area contributed by atoms with E-state index in [4.69, 9.17) is 10.5 Å². The number of nitrogens with two attached hydrogens (primary N) is 1. The molecular weight excluding hydrogens is 238 g/mol. The zero-order valence-corrected chi connectivity index (χ0v) is 11.1. The Morgan fingerprint density at radius 1 is 1.32 bits per heavy atom. The fourth-order valence-electron chi connectivity index (χ4n) is 2.69. The minimum atomic E-state index is 0.327. The highest BCUT2D eigenvalue weighted by molar-refractivity contribution is 6.00. The number of pyridine rings is 1. The quantitative estimate of drug-likeness (QED) is 0.812. The number of rotatable bonds is 2. The Morgan fingerprint density at radius 2 is 2.21 bits per heavy atom. The number of hydrogen-bond donors (Lipinski definition) is 2. The summed E-state index contributed by atoms with van der Waals surface area (Å²) in [5.74, 6) is 0. The van der Waals surface area contributed by atoms with Crippen LogP contribution < -0.4 is 11.1 Å². The van der Waals surface area contributed by atoms with Crippen molar-refractivity contribution >= 4 is 22.1 Å². The molecule has 0 aliphatic carbocycles. The Bertz CT molecular complexity index is 585. The van der Waals surface area contributed by atoms with Crippen molar-refractivity contribution in [1.82, 2.24) is 4.98 Å². The lowest BCUT2D eigenvalue weighted by Crippen LogP contribution is -2.32. The molecule has 1 aliphatic heterocycles. The highest BCUT2D eigenvalue weighted by atomic mass is 16.5. The fourth-order valence-corrected chi connectivity index (χ4v) is 2.69. The summed E-state index contributed by atoms with van der Waals surface area (Å²) < 4.78 is 5.58. The molecule has 19 heavy (non-hydrogen) atoms. The molecular formula is C15H19N3O. The van der Waals surface area contributed by atoms with Crippen LogP contribution in [0.15, 0.2) is 30.6 Å². The largest absolute Gasteiger partial charge is 0.398 e. The second-order valence-corrected chi connectivity index (χ2v) is 5.17. The minimum absolute atomic E-state index is 0.327. The van der Waals surface area contributed by atoms with Crippen molar-refractivity contribution in [3.63, 3.8) is 0 Å². The van der Waals surface area contributed by atoms with Crippen LogP contribution in [0.3, 0.4) is 0 Å². The van der Waals surface area contributed by atoms with Gasteiger partial charge in [0.1, 0.15) is 0 Å². The van der Waals surface area contributed by atoms with Gasteiger partial charge in [-0.25, -0.2) is 0 Å². The van der Waals surface area contributed by atoms with Crippen molar-refractivity contribution in [1.29, 1.82) is 0 Å². The molecule has 0 saturated carbocycles. The average molecular weight is 257 g/mol. The van der Waals surface area contributed by atoms with Crippen molar-refractivity contribution in [2.24, 2.45) is 0 Å². The van der Waals surface area contributed by atoms with Crippen LogP contribution in [0.1, 0.15) is 19.8 Å². The number of anilines is 2. The second kappa shape index (κ2) is 5.05. The zero-order chi connectivity index (χ0) is 13.2. The molecule has 2 atom stereocenters. The van der Waals surface area contributed by atoms with Crippen LogP contribution in [0.2, 0.25) is 0 Å². The molecule has 0 radical (unpaired) electrons. The smallest absolute Gasteiger partial charge is 0.0566 e. The molecule has 0 bridgehead atoms. The first-order valence-electron chi connectivity index (χ1n) is 6.74. The van der Waals surface area contributed by atoms with E-state index in [-0.39, 0.29) is 0 Å². The van der Waals surface area contributed by atoms with Gasteiger partial charge in [0.05, 0.1) is 6.10 Å². The van der Waals surface area contributed by atoms with Gasteiger partial charge in [0, 0.05) is 47.2 Å². The van der Waals surface area contributed by atoms with Crippen molar-refractivity contribution in [2.75, 3.05) is 17.7 Å². The van der Waals surface area contributed by atoms with Crippen molar-refractivity contribution in [2.45, 2.75) is 31.9 Å². The topological polar surface area (TPSA) is 60.2 Å². The number of hydrogen-bond acceptors (Lipinski definition) is 4. The van der Waals surface area contributed by atoms with E-state index in [2.05, 4.69) is 23.3 Å². The number of nitrogens with one attached hydrogen (secondary N) is 1. The highest BCUT2D eigenvalue weighted by Gasteiger charge is 2.19. The first-order valence-corrected chi connectivity index (χ1v) is 6.74. The maximum Gasteiger partial charge on any atom is 0.0566 e. The van der Waals surface area contributed by atoms with Crippen LogP contribution in [0.5, 0.6) is 0 Å². The third-order valence-corrected chi connectivity index (χ3v) is 3.70. The number of nitrogens with zero attached hydrogens (tertiary/aromatic N) is 1. The van der Waals surface area contributed by atoms with Gasteiger partial charge in [-0.05, 0) is 38.0 Å². The van der Waals surface area contributed by atoms with Crippen LogP contribution in [0.25, 0.3) is 10.8 Å². The summed E-state index contributed by atoms with van der Waals surface area (Å²) in [4.78, 5) is 4.15. The number of nitrogen functional groups attached to an aromatic ring is 1. The third-order valence-electron chi connectivity index (χ3n) is 3.70. The van der Waals surface area contributed by atoms with Gasteiger partial charge < -0.3 is 15.8 Å². The zero-order valence-electron chi connectivity index (χ0n) is 11.1. The Labute approximate surface area is 113 Å². The van der Waals surface area contributed by atoms with Crippen LogP contribution in [-0.2, 0) is 4.74 Å². The molecule has 1 aliphatic rings. The van der Waals surface area contributed by atoms with Gasteiger partial charge in [-0.15, -0.1) is 0 Å². The van der Waals surface area contributed by atoms with E-state index in [0.717, 1.165) is 41.6 Å². The summed E-state index contributed by atoms with van der Waals surface area (Å²) in [6.45, 7) is 2.95. The van der Waals surface area contributed by atoms with Crippen molar-refractivity contribution in [3.05, 3.63) is 30.6 Å². The normalized spacial score (nSPS) is 23.4. The molecule has 1 aromatic carbocycles. The predicted molar refractivity (Wildman–Crippen MR) is 78.2 cm³/mol. The van der Waals surface area contributed by atoms with Crippen LogP contribution >= 0.6 is 0 Å². The van der Waals surface area contributed by atoms with Crippen LogP contribution in [-0.4, -0.2) is 23.7 Å². The fraction of sp³-hybridized carbons (Fsp3) is 0.400. The summed E-state index contributed by atoms with van der Waals surface area (Å²) in [7, 11) is 0. The van der Waals surface area contributed by atoms with Crippen LogP contribution in [0.4, 0.5) is 11.4 Å². The van der Waals surface area contributed by atoms with E-state index in [1.54, 1.807) is 6.20 Å². The Hall–Kier alpha value is -1.81. The maximum absolute atomic E-state index is 5.99. The monoisotopic (exact) mass is 257 g/mol. The van der Waals surface area contributed by atoms with Crippen molar-refractivity contribution < 1.29 is 4.74 Å². The average Bonchev–Trinajstić information content (AvgIpc) is 2.42. The van der Waals surface area contributed by atoms with E-state index in [9.17, 15) is 0 Å². The second-order valence-electron chi connectivity index (χ2n) is 5.17. The number of fused-ring (bicyclic) bond motifs is 1. The molecule has 100 valence electrons. The van der Waals surface area contributed by atoms with E-state index >= 15 is 0 Å². The Kier molecular flexibility index (Phi) is 3.25. The van der Waals surface area contributed by atoms with Gasteiger partial charge >= 0.3 is 0 Å². The summed E-state index contributed by atoms with van der Waals surface area (Å²) in [6.07, 6.45) is 6.04. The molecule has 2 aromatic rings. The van der Waals surface area contributed by atoms with Crippen molar-refractivity contribution in [3.8, 4) is 0 Å². The summed E-state index contributed by atoms with van der Waals surface area (Å²) in [5.41, 5.74) is 7.90. The lowest BCUT2D eigenvalue weighted by Gasteiger charge is -2.29. The van der Waals surface area contributed by atoms with Gasteiger partial charge in [-0.3, -0.25) is 4.98 Å². The predicted octanol–water partition coefficient (Wildman–Crippen LogP) is 2.80. The molecule has 1 aromatic heterocycles. The first-order chi connectivity index (χ1) is 9.24. The minimum Gasteiger partial charge on any atom is -0.398 e. The Morgan fingerprint density at radius 3 is 3.05 bits per heavy atom. The number of ether oxygens (including phenoxy) is 1. The molecule has 0 amide bonds. The molecule has 4 heteroatoms. The maximum atomic E-state index is 5.99. The van der Waals surface area contributed by atoms with Gasteiger partial charge in [-0.1, -0.05) is 0 Å². The van der Waals surface area contributed by atoms with Gasteiger partial charge in [0.25, 0.3) is 0 Å². The molecule has 2 heterocycles. The van der Waals surface area contributed by atoms with Gasteiger partial charge in [0.2, 0.25) is 0 Å². The summed E-state index contributed by atoms with van der Waals surface area (Å²) in [5, 5.41) is 5.76. The lowest BCUT2D eigenvalue weighted by atomic mass is 10.0. The van der Waals surface area contributed by atoms with Gasteiger partial charge in [-0.2, -0.15) is 0 Å². The number of aromatic nitrogens is 1. The first kappa shape index (κ1) is 12.2. The summed E-state index contributed by atoms with van der Waals surface area (Å²) in [6, 6.07) is 6.47. The molecule has 0 spiro atoms. The lowest BCUT2D eigenvalue weighted by molar-refractivity contribution is 0.0232. The SMILES string of the molecule is CC1CC(Nc2ccc(N)c3cnccc23)CCO1. The van der Waals surface area contributed by atoms with E-state index < -0.39 is 0 Å². The third kappa shape index (κ3) is 2.49. The molecule has 3 N–H and O–H groups in total. The van der Waals surface area contributed by atoms with Crippen LogP contribution in [0, 0.1) is 0 Å². The summed E-state index contributed by atoms with van der Waals surface area (Å²) >= 11 is 0. The molecule has 1 saturated heterocycles. The molecule has 2 unspecified atom stereocenters.